The number of imidazole rings is 1. The second-order valence-corrected chi connectivity index (χ2v) is 3.76. The summed E-state index contributed by atoms with van der Waals surface area (Å²) in [5.41, 5.74) is 0.436. The Morgan fingerprint density at radius 2 is 2.06 bits per heavy atom. The molecule has 0 radical (unpaired) electrons. The van der Waals surface area contributed by atoms with E-state index in [-0.39, 0.29) is 5.78 Å². The number of hydrogen-bond donors (Lipinski definition) is 0. The van der Waals surface area contributed by atoms with E-state index in [1.807, 2.05) is 0 Å². The van der Waals surface area contributed by atoms with Gasteiger partial charge in [0.15, 0.2) is 5.82 Å². The highest BCUT2D eigenvalue weighted by Crippen LogP contribution is 2.25. The molecule has 5 nitrogen and oxygen atoms in total. The molecular weight excluding hydrogens is 232 g/mol. The second-order valence-electron chi connectivity index (χ2n) is 3.76. The van der Waals surface area contributed by atoms with Crippen LogP contribution >= 0.6 is 0 Å². The van der Waals surface area contributed by atoms with Gasteiger partial charge in [0.05, 0.1) is 19.8 Å². The Bertz CT molecular complexity index is 575. The van der Waals surface area contributed by atoms with Crippen molar-refractivity contribution < 1.29 is 14.3 Å². The van der Waals surface area contributed by atoms with Gasteiger partial charge in [-0.15, -0.1) is 0 Å². The summed E-state index contributed by atoms with van der Waals surface area (Å²) in [5.74, 6) is 1.27. The minimum Gasteiger partial charge on any atom is -0.497 e. The van der Waals surface area contributed by atoms with E-state index in [1.165, 1.54) is 7.11 Å². The third-order valence-corrected chi connectivity index (χ3v) is 2.68. The molecule has 1 aromatic heterocycles. The summed E-state index contributed by atoms with van der Waals surface area (Å²) in [6.45, 7) is 0. The smallest absolute Gasteiger partial charge is 0.232 e. The van der Waals surface area contributed by atoms with Crippen LogP contribution in [0.25, 0.3) is 0 Å². The van der Waals surface area contributed by atoms with Crippen LogP contribution in [-0.4, -0.2) is 29.6 Å². The Kier molecular flexibility index (Phi) is 3.32. The Labute approximate surface area is 105 Å². The van der Waals surface area contributed by atoms with E-state index in [2.05, 4.69) is 4.98 Å². The molecule has 0 spiro atoms. The minimum absolute atomic E-state index is 0.196. The summed E-state index contributed by atoms with van der Waals surface area (Å²) in [6, 6.07) is 5.10. The van der Waals surface area contributed by atoms with Gasteiger partial charge in [-0.1, -0.05) is 0 Å². The molecule has 0 bridgehead atoms. The highest BCUT2D eigenvalue weighted by atomic mass is 16.5. The molecule has 0 saturated carbocycles. The highest BCUT2D eigenvalue weighted by Gasteiger charge is 2.18. The molecule has 5 heteroatoms. The summed E-state index contributed by atoms with van der Waals surface area (Å²) < 4.78 is 12.0. The Morgan fingerprint density at radius 1 is 1.28 bits per heavy atom. The number of hydrogen-bond acceptors (Lipinski definition) is 4. The predicted molar refractivity (Wildman–Crippen MR) is 66.2 cm³/mol. The molecule has 0 amide bonds. The number of carbonyl (C=O) groups excluding carboxylic acids is 1. The van der Waals surface area contributed by atoms with Crippen LogP contribution in [0.1, 0.15) is 16.2 Å². The summed E-state index contributed by atoms with van der Waals surface area (Å²) in [4.78, 5) is 16.4. The van der Waals surface area contributed by atoms with Crippen LogP contribution in [0, 0.1) is 0 Å². The lowest BCUT2D eigenvalue weighted by molar-refractivity contribution is 0.102. The van der Waals surface area contributed by atoms with Crippen molar-refractivity contribution >= 4 is 5.78 Å². The summed E-state index contributed by atoms with van der Waals surface area (Å²) >= 11 is 0. The van der Waals surface area contributed by atoms with Gasteiger partial charge >= 0.3 is 0 Å². The molecule has 2 aromatic rings. The molecule has 0 fully saturated rings. The average molecular weight is 246 g/mol. The summed E-state index contributed by atoms with van der Waals surface area (Å²) in [5, 5.41) is 0. The number of carbonyl (C=O) groups is 1. The number of aryl methyl sites for hydroxylation is 1. The van der Waals surface area contributed by atoms with Gasteiger partial charge in [0.1, 0.15) is 11.5 Å². The first kappa shape index (κ1) is 12.2. The number of ketones is 1. The largest absolute Gasteiger partial charge is 0.497 e. The van der Waals surface area contributed by atoms with Crippen LogP contribution in [0.3, 0.4) is 0 Å². The maximum absolute atomic E-state index is 12.4. The number of methoxy groups -OCH3 is 2. The monoisotopic (exact) mass is 246 g/mol. The lowest BCUT2D eigenvalue weighted by Crippen LogP contribution is -2.10. The van der Waals surface area contributed by atoms with E-state index < -0.39 is 0 Å². The molecular formula is C13H14N2O3. The summed E-state index contributed by atoms with van der Waals surface area (Å²) in [6.07, 6.45) is 3.31. The van der Waals surface area contributed by atoms with Crippen molar-refractivity contribution in [3.05, 3.63) is 42.0 Å². The fourth-order valence-electron chi connectivity index (χ4n) is 1.70. The third kappa shape index (κ3) is 2.07. The molecule has 1 aromatic carbocycles. The zero-order chi connectivity index (χ0) is 13.1. The van der Waals surface area contributed by atoms with Gasteiger partial charge in [-0.05, 0) is 18.2 Å². The van der Waals surface area contributed by atoms with Crippen LogP contribution < -0.4 is 9.47 Å². The normalized spacial score (nSPS) is 10.2. The number of ether oxygens (including phenoxy) is 2. The Morgan fingerprint density at radius 3 is 2.61 bits per heavy atom. The molecule has 0 aliphatic heterocycles. The first-order valence-corrected chi connectivity index (χ1v) is 5.41. The van der Waals surface area contributed by atoms with Gasteiger partial charge in [0, 0.05) is 19.4 Å². The quantitative estimate of drug-likeness (QED) is 0.770. The fraction of sp³-hybridized carbons (Fsp3) is 0.231. The van der Waals surface area contributed by atoms with Crippen LogP contribution in [0.2, 0.25) is 0 Å². The van der Waals surface area contributed by atoms with Gasteiger partial charge in [-0.3, -0.25) is 4.79 Å². The Hall–Kier alpha value is -2.30. The third-order valence-electron chi connectivity index (χ3n) is 2.68. The van der Waals surface area contributed by atoms with E-state index >= 15 is 0 Å². The van der Waals surface area contributed by atoms with E-state index in [1.54, 1.807) is 49.3 Å². The molecule has 0 unspecified atom stereocenters. The number of rotatable bonds is 4. The average Bonchev–Trinajstić information content (AvgIpc) is 2.83. The standard InChI is InChI=1S/C13H14N2O3/c1-15-7-6-14-13(15)12(16)10-8-9(17-2)4-5-11(10)18-3/h4-8H,1-3H3. The van der Waals surface area contributed by atoms with Crippen molar-refractivity contribution in [3.63, 3.8) is 0 Å². The van der Waals surface area contributed by atoms with Crippen molar-refractivity contribution in [1.82, 2.24) is 9.55 Å². The van der Waals surface area contributed by atoms with Crippen molar-refractivity contribution in [2.24, 2.45) is 7.05 Å². The SMILES string of the molecule is COc1ccc(OC)c(C(=O)c2nccn2C)c1. The maximum atomic E-state index is 12.4. The van der Waals surface area contributed by atoms with Crippen LogP contribution in [0.15, 0.2) is 30.6 Å². The molecule has 0 atom stereocenters. The first-order valence-electron chi connectivity index (χ1n) is 5.41. The molecule has 0 N–H and O–H groups in total. The van der Waals surface area contributed by atoms with Crippen LogP contribution in [-0.2, 0) is 7.05 Å². The van der Waals surface area contributed by atoms with E-state index in [4.69, 9.17) is 9.47 Å². The molecule has 0 aliphatic carbocycles. The second kappa shape index (κ2) is 4.91. The lowest BCUT2D eigenvalue weighted by atomic mass is 10.1. The van der Waals surface area contributed by atoms with Crippen LogP contribution in [0.4, 0.5) is 0 Å². The number of aromatic nitrogens is 2. The maximum Gasteiger partial charge on any atom is 0.232 e. The van der Waals surface area contributed by atoms with Crippen molar-refractivity contribution in [1.29, 1.82) is 0 Å². The first-order chi connectivity index (χ1) is 8.67. The molecule has 1 heterocycles. The molecule has 94 valence electrons. The van der Waals surface area contributed by atoms with Crippen molar-refractivity contribution in [3.8, 4) is 11.5 Å². The van der Waals surface area contributed by atoms with Crippen LogP contribution in [0.5, 0.6) is 11.5 Å². The molecule has 0 saturated heterocycles. The predicted octanol–water partition coefficient (Wildman–Crippen LogP) is 1.67. The minimum atomic E-state index is -0.196. The fourth-order valence-corrected chi connectivity index (χ4v) is 1.70. The van der Waals surface area contributed by atoms with E-state index in [0.717, 1.165) is 0 Å². The van der Waals surface area contributed by atoms with Gasteiger partial charge in [-0.2, -0.15) is 0 Å². The molecule has 18 heavy (non-hydrogen) atoms. The summed E-state index contributed by atoms with van der Waals surface area (Å²) in [7, 11) is 4.85. The topological polar surface area (TPSA) is 53.4 Å². The van der Waals surface area contributed by atoms with E-state index in [9.17, 15) is 4.79 Å². The van der Waals surface area contributed by atoms with Crippen molar-refractivity contribution in [2.75, 3.05) is 14.2 Å². The lowest BCUT2D eigenvalue weighted by Gasteiger charge is -2.09. The van der Waals surface area contributed by atoms with Gasteiger partial charge in [-0.25, -0.2) is 4.98 Å². The number of benzene rings is 1. The highest BCUT2D eigenvalue weighted by molar-refractivity contribution is 6.08. The van der Waals surface area contributed by atoms with Gasteiger partial charge < -0.3 is 14.0 Å². The Balaban J connectivity index is 2.49. The van der Waals surface area contributed by atoms with Gasteiger partial charge in [0.25, 0.3) is 0 Å². The van der Waals surface area contributed by atoms with Gasteiger partial charge in [0.2, 0.25) is 5.78 Å². The van der Waals surface area contributed by atoms with E-state index in [0.29, 0.717) is 22.9 Å². The zero-order valence-corrected chi connectivity index (χ0v) is 10.5. The number of nitrogens with zero attached hydrogens (tertiary/aromatic N) is 2. The molecule has 0 aliphatic rings. The van der Waals surface area contributed by atoms with Crippen molar-refractivity contribution in [2.45, 2.75) is 0 Å². The zero-order valence-electron chi connectivity index (χ0n) is 10.5. The molecule has 2 rings (SSSR count).